The number of aromatic amines is 1. The number of likely N-dealkylation sites (tertiary alicyclic amines) is 1. The highest BCUT2D eigenvalue weighted by Gasteiger charge is 2.22. The Kier molecular flexibility index (Phi) is 3.47. The zero-order valence-corrected chi connectivity index (χ0v) is 11.8. The Morgan fingerprint density at radius 1 is 1.26 bits per heavy atom. The SMILES string of the molecule is CC(Nc1ccc2[nH]ccc2c1)C1CCN(C)CC1. The lowest BCUT2D eigenvalue weighted by molar-refractivity contribution is 0.208. The molecular formula is C16H23N3. The maximum Gasteiger partial charge on any atom is 0.0455 e. The second-order valence-corrected chi connectivity index (χ2v) is 5.85. The highest BCUT2D eigenvalue weighted by atomic mass is 15.1. The number of fused-ring (bicyclic) bond motifs is 1. The molecule has 1 saturated heterocycles. The van der Waals surface area contributed by atoms with E-state index in [-0.39, 0.29) is 0 Å². The second kappa shape index (κ2) is 5.25. The molecule has 1 atom stereocenters. The monoisotopic (exact) mass is 257 g/mol. The molecule has 0 bridgehead atoms. The third-order valence-corrected chi connectivity index (χ3v) is 4.42. The summed E-state index contributed by atoms with van der Waals surface area (Å²) >= 11 is 0. The summed E-state index contributed by atoms with van der Waals surface area (Å²) in [5, 5.41) is 4.95. The summed E-state index contributed by atoms with van der Waals surface area (Å²) in [5.74, 6) is 0.790. The first-order valence-corrected chi connectivity index (χ1v) is 7.24. The first-order valence-electron chi connectivity index (χ1n) is 7.24. The molecule has 3 nitrogen and oxygen atoms in total. The van der Waals surface area contributed by atoms with E-state index in [4.69, 9.17) is 0 Å². The number of aromatic nitrogens is 1. The molecule has 2 aromatic rings. The molecule has 1 fully saturated rings. The van der Waals surface area contributed by atoms with E-state index in [1.165, 1.54) is 42.5 Å². The van der Waals surface area contributed by atoms with Crippen molar-refractivity contribution in [2.75, 3.05) is 25.5 Å². The van der Waals surface area contributed by atoms with Crippen LogP contribution >= 0.6 is 0 Å². The number of H-pyrrole nitrogens is 1. The minimum absolute atomic E-state index is 0.546. The van der Waals surface area contributed by atoms with Crippen molar-refractivity contribution in [3.63, 3.8) is 0 Å². The van der Waals surface area contributed by atoms with Gasteiger partial charge in [-0.15, -0.1) is 0 Å². The molecule has 1 aliphatic heterocycles. The lowest BCUT2D eigenvalue weighted by atomic mass is 9.90. The first kappa shape index (κ1) is 12.5. The zero-order chi connectivity index (χ0) is 13.2. The van der Waals surface area contributed by atoms with E-state index in [9.17, 15) is 0 Å². The van der Waals surface area contributed by atoms with Crippen LogP contribution in [0.3, 0.4) is 0 Å². The van der Waals surface area contributed by atoms with Crippen molar-refractivity contribution in [2.24, 2.45) is 5.92 Å². The van der Waals surface area contributed by atoms with E-state index in [0.29, 0.717) is 6.04 Å². The Balaban J connectivity index is 1.66. The number of anilines is 1. The molecule has 0 spiro atoms. The van der Waals surface area contributed by atoms with Crippen LogP contribution in [0.1, 0.15) is 19.8 Å². The fourth-order valence-electron chi connectivity index (χ4n) is 3.05. The molecule has 1 aromatic heterocycles. The van der Waals surface area contributed by atoms with E-state index < -0.39 is 0 Å². The molecule has 1 aromatic carbocycles. The van der Waals surface area contributed by atoms with Gasteiger partial charge in [-0.05, 0) is 70.1 Å². The van der Waals surface area contributed by atoms with Gasteiger partial charge in [-0.25, -0.2) is 0 Å². The van der Waals surface area contributed by atoms with Crippen LogP contribution in [0.25, 0.3) is 10.9 Å². The average molecular weight is 257 g/mol. The highest BCUT2D eigenvalue weighted by molar-refractivity contribution is 5.83. The number of hydrogen-bond donors (Lipinski definition) is 2. The molecule has 2 heterocycles. The van der Waals surface area contributed by atoms with Crippen molar-refractivity contribution < 1.29 is 0 Å². The standard InChI is InChI=1S/C16H23N3/c1-12(13-6-9-19(2)10-7-13)18-15-3-4-16-14(11-15)5-8-17-16/h3-5,8,11-13,17-18H,6-7,9-10H2,1-2H3. The fourth-order valence-corrected chi connectivity index (χ4v) is 3.05. The molecule has 1 aliphatic rings. The molecule has 0 amide bonds. The number of rotatable bonds is 3. The van der Waals surface area contributed by atoms with Gasteiger partial charge in [-0.2, -0.15) is 0 Å². The Hall–Kier alpha value is -1.48. The van der Waals surface area contributed by atoms with Crippen LogP contribution in [0.2, 0.25) is 0 Å². The molecular weight excluding hydrogens is 234 g/mol. The maximum absolute atomic E-state index is 3.68. The second-order valence-electron chi connectivity index (χ2n) is 5.85. The van der Waals surface area contributed by atoms with E-state index >= 15 is 0 Å². The summed E-state index contributed by atoms with van der Waals surface area (Å²) in [6.07, 6.45) is 4.60. The predicted molar refractivity (Wildman–Crippen MR) is 81.6 cm³/mol. The third kappa shape index (κ3) is 2.76. The Labute approximate surface area is 115 Å². The number of piperidine rings is 1. The summed E-state index contributed by atoms with van der Waals surface area (Å²) < 4.78 is 0. The van der Waals surface area contributed by atoms with Crippen LogP contribution in [0.15, 0.2) is 30.5 Å². The third-order valence-electron chi connectivity index (χ3n) is 4.42. The Morgan fingerprint density at radius 3 is 2.84 bits per heavy atom. The van der Waals surface area contributed by atoms with E-state index in [0.717, 1.165) is 5.92 Å². The van der Waals surface area contributed by atoms with Crippen molar-refractivity contribution in [3.05, 3.63) is 30.5 Å². The van der Waals surface area contributed by atoms with Crippen LogP contribution in [0.4, 0.5) is 5.69 Å². The van der Waals surface area contributed by atoms with Gasteiger partial charge in [0.05, 0.1) is 0 Å². The fraction of sp³-hybridized carbons (Fsp3) is 0.500. The summed E-state index contributed by atoms with van der Waals surface area (Å²) in [4.78, 5) is 5.66. The molecule has 0 saturated carbocycles. The Morgan fingerprint density at radius 2 is 2.05 bits per heavy atom. The van der Waals surface area contributed by atoms with Gasteiger partial charge in [0.1, 0.15) is 0 Å². The van der Waals surface area contributed by atoms with Crippen LogP contribution in [-0.2, 0) is 0 Å². The van der Waals surface area contributed by atoms with Gasteiger partial charge in [-0.3, -0.25) is 0 Å². The maximum atomic E-state index is 3.68. The number of nitrogens with one attached hydrogen (secondary N) is 2. The largest absolute Gasteiger partial charge is 0.382 e. The molecule has 3 rings (SSSR count). The molecule has 102 valence electrons. The lowest BCUT2D eigenvalue weighted by Gasteiger charge is -2.33. The quantitative estimate of drug-likeness (QED) is 0.884. The van der Waals surface area contributed by atoms with Crippen molar-refractivity contribution in [1.82, 2.24) is 9.88 Å². The van der Waals surface area contributed by atoms with Gasteiger partial charge in [0.15, 0.2) is 0 Å². The first-order chi connectivity index (χ1) is 9.22. The van der Waals surface area contributed by atoms with Gasteiger partial charge in [0.25, 0.3) is 0 Å². The molecule has 19 heavy (non-hydrogen) atoms. The van der Waals surface area contributed by atoms with E-state index in [2.05, 4.69) is 53.4 Å². The van der Waals surface area contributed by atoms with Gasteiger partial charge in [-0.1, -0.05) is 0 Å². The van der Waals surface area contributed by atoms with Gasteiger partial charge in [0, 0.05) is 28.8 Å². The summed E-state index contributed by atoms with van der Waals surface area (Å²) in [5.41, 5.74) is 2.44. The van der Waals surface area contributed by atoms with Crippen molar-refractivity contribution in [2.45, 2.75) is 25.8 Å². The van der Waals surface area contributed by atoms with Crippen LogP contribution in [0, 0.1) is 5.92 Å². The summed E-state index contributed by atoms with van der Waals surface area (Å²) in [6, 6.07) is 9.23. The van der Waals surface area contributed by atoms with Crippen molar-refractivity contribution in [3.8, 4) is 0 Å². The summed E-state index contributed by atoms with van der Waals surface area (Å²) in [6.45, 7) is 4.78. The number of hydrogen-bond acceptors (Lipinski definition) is 2. The Bertz CT molecular complexity index is 538. The van der Waals surface area contributed by atoms with Gasteiger partial charge < -0.3 is 15.2 Å². The minimum atomic E-state index is 0.546. The molecule has 0 aliphatic carbocycles. The van der Waals surface area contributed by atoms with Gasteiger partial charge in [0.2, 0.25) is 0 Å². The molecule has 1 unspecified atom stereocenters. The van der Waals surface area contributed by atoms with Crippen molar-refractivity contribution in [1.29, 1.82) is 0 Å². The normalized spacial score (nSPS) is 19.7. The summed E-state index contributed by atoms with van der Waals surface area (Å²) in [7, 11) is 2.22. The highest BCUT2D eigenvalue weighted by Crippen LogP contribution is 2.24. The van der Waals surface area contributed by atoms with Crippen LogP contribution in [-0.4, -0.2) is 36.1 Å². The van der Waals surface area contributed by atoms with E-state index in [1.54, 1.807) is 0 Å². The lowest BCUT2D eigenvalue weighted by Crippen LogP contribution is -2.37. The van der Waals surface area contributed by atoms with E-state index in [1.807, 2.05) is 6.20 Å². The average Bonchev–Trinajstić information content (AvgIpc) is 2.87. The van der Waals surface area contributed by atoms with Crippen molar-refractivity contribution >= 4 is 16.6 Å². The number of benzene rings is 1. The molecule has 0 radical (unpaired) electrons. The zero-order valence-electron chi connectivity index (χ0n) is 11.8. The van der Waals surface area contributed by atoms with Gasteiger partial charge >= 0.3 is 0 Å². The predicted octanol–water partition coefficient (Wildman–Crippen LogP) is 3.31. The smallest absolute Gasteiger partial charge is 0.0455 e. The van der Waals surface area contributed by atoms with Crippen LogP contribution < -0.4 is 5.32 Å². The molecule has 3 heteroatoms. The molecule has 2 N–H and O–H groups in total. The topological polar surface area (TPSA) is 31.1 Å². The minimum Gasteiger partial charge on any atom is -0.382 e. The van der Waals surface area contributed by atoms with Crippen LogP contribution in [0.5, 0.6) is 0 Å². The number of nitrogens with zero attached hydrogens (tertiary/aromatic N) is 1.